The van der Waals surface area contributed by atoms with Crippen LogP contribution in [0.4, 0.5) is 0 Å². The Labute approximate surface area is 117 Å². The van der Waals surface area contributed by atoms with E-state index in [-0.39, 0.29) is 23.2 Å². The van der Waals surface area contributed by atoms with Crippen molar-refractivity contribution in [2.75, 3.05) is 5.75 Å². The molecule has 0 bridgehead atoms. The van der Waals surface area contributed by atoms with Gasteiger partial charge in [0.05, 0.1) is 11.3 Å². The Morgan fingerprint density at radius 1 is 1.47 bits per heavy atom. The third-order valence-electron chi connectivity index (χ3n) is 3.60. The van der Waals surface area contributed by atoms with Crippen LogP contribution in [0.5, 0.6) is 0 Å². The second-order valence-corrected chi connectivity index (χ2v) is 6.28. The molecule has 0 aromatic heterocycles. The molecule has 0 aromatic carbocycles. The van der Waals surface area contributed by atoms with E-state index in [0.717, 1.165) is 12.8 Å². The summed E-state index contributed by atoms with van der Waals surface area (Å²) in [6.45, 7) is 2.04. The maximum atomic E-state index is 12.5. The number of aliphatic carboxylic acids is 1. The number of amides is 1. The summed E-state index contributed by atoms with van der Waals surface area (Å²) in [6.07, 6.45) is 6.01. The van der Waals surface area contributed by atoms with Gasteiger partial charge in [-0.25, -0.2) is 4.79 Å². The van der Waals surface area contributed by atoms with Gasteiger partial charge >= 0.3 is 5.97 Å². The summed E-state index contributed by atoms with van der Waals surface area (Å²) in [5.74, 6) is -0.769. The van der Waals surface area contributed by atoms with Crippen LogP contribution in [0.3, 0.4) is 0 Å². The Hall–Kier alpha value is -1.01. The maximum absolute atomic E-state index is 12.5. The van der Waals surface area contributed by atoms with Gasteiger partial charge in [0.25, 0.3) is 0 Å². The predicted molar refractivity (Wildman–Crippen MR) is 74.6 cm³/mol. The number of nitrogens with two attached hydrogens (primary N) is 1. The largest absolute Gasteiger partial charge is 0.480 e. The molecule has 1 aliphatic carbocycles. The van der Waals surface area contributed by atoms with E-state index < -0.39 is 12.0 Å². The van der Waals surface area contributed by atoms with Crippen molar-refractivity contribution >= 4 is 23.6 Å². The topological polar surface area (TPSA) is 83.6 Å². The zero-order valence-corrected chi connectivity index (χ0v) is 11.8. The number of thioether (sulfide) groups is 1. The normalized spacial score (nSPS) is 33.9. The third-order valence-corrected chi connectivity index (χ3v) is 4.96. The lowest BCUT2D eigenvalue weighted by molar-refractivity contribution is -0.150. The molecule has 2 aliphatic rings. The van der Waals surface area contributed by atoms with Crippen molar-refractivity contribution in [3.8, 4) is 0 Å². The summed E-state index contributed by atoms with van der Waals surface area (Å²) < 4.78 is 0. The standard InChI is InChI=1S/C13H20N2O3S/c1-2-3-11-15(10(7-19-11)13(17)18)12(16)8-4-5-9(14)6-8/h4-5,8-11H,2-3,6-7,14H2,1H3,(H,17,18). The van der Waals surface area contributed by atoms with E-state index in [4.69, 9.17) is 5.73 Å². The third kappa shape index (κ3) is 2.95. The molecular formula is C13H20N2O3S. The van der Waals surface area contributed by atoms with Crippen LogP contribution in [0.2, 0.25) is 0 Å². The molecule has 3 N–H and O–H groups in total. The molecular weight excluding hydrogens is 264 g/mol. The van der Waals surface area contributed by atoms with Crippen LogP contribution in [-0.4, -0.2) is 45.1 Å². The summed E-state index contributed by atoms with van der Waals surface area (Å²) in [4.78, 5) is 25.4. The minimum absolute atomic E-state index is 0.0103. The molecule has 0 spiro atoms. The molecule has 19 heavy (non-hydrogen) atoms. The van der Waals surface area contributed by atoms with Gasteiger partial charge in [-0.3, -0.25) is 4.79 Å². The second kappa shape index (κ2) is 5.96. The fraction of sp³-hybridized carbons (Fsp3) is 0.692. The number of hydrogen-bond donors (Lipinski definition) is 2. The van der Waals surface area contributed by atoms with Crippen molar-refractivity contribution in [3.63, 3.8) is 0 Å². The van der Waals surface area contributed by atoms with Crippen LogP contribution in [0.25, 0.3) is 0 Å². The molecule has 1 amide bonds. The SMILES string of the molecule is CCCC1SCC(C(=O)O)N1C(=O)C1C=CC(N)C1. The minimum Gasteiger partial charge on any atom is -0.480 e. The molecule has 1 heterocycles. The number of rotatable bonds is 4. The summed E-state index contributed by atoms with van der Waals surface area (Å²) in [7, 11) is 0. The second-order valence-electron chi connectivity index (χ2n) is 5.07. The highest BCUT2D eigenvalue weighted by molar-refractivity contribution is 8.00. The first kappa shape index (κ1) is 14.4. The molecule has 4 unspecified atom stereocenters. The monoisotopic (exact) mass is 284 g/mol. The lowest BCUT2D eigenvalue weighted by Gasteiger charge is -2.29. The molecule has 0 radical (unpaired) electrons. The van der Waals surface area contributed by atoms with Crippen molar-refractivity contribution < 1.29 is 14.7 Å². The Morgan fingerprint density at radius 2 is 2.21 bits per heavy atom. The van der Waals surface area contributed by atoms with E-state index in [2.05, 4.69) is 0 Å². The summed E-state index contributed by atoms with van der Waals surface area (Å²) in [5, 5.41) is 9.25. The van der Waals surface area contributed by atoms with Crippen LogP contribution in [-0.2, 0) is 9.59 Å². The molecule has 2 rings (SSSR count). The summed E-state index contributed by atoms with van der Waals surface area (Å²) in [6, 6.07) is -0.781. The number of hydrogen-bond acceptors (Lipinski definition) is 4. The lowest BCUT2D eigenvalue weighted by Crippen LogP contribution is -2.47. The fourth-order valence-corrected chi connectivity index (χ4v) is 4.14. The number of carbonyl (C=O) groups is 2. The molecule has 0 saturated carbocycles. The molecule has 1 fully saturated rings. The Kier molecular flexibility index (Phi) is 4.52. The van der Waals surface area contributed by atoms with E-state index in [0.29, 0.717) is 12.2 Å². The minimum atomic E-state index is -0.911. The van der Waals surface area contributed by atoms with E-state index in [9.17, 15) is 14.7 Å². The van der Waals surface area contributed by atoms with Crippen molar-refractivity contribution in [3.05, 3.63) is 12.2 Å². The Morgan fingerprint density at radius 3 is 2.74 bits per heavy atom. The first-order valence-corrected chi connectivity index (χ1v) is 7.70. The van der Waals surface area contributed by atoms with Crippen molar-refractivity contribution in [1.82, 2.24) is 4.90 Å². The van der Waals surface area contributed by atoms with E-state index in [1.54, 1.807) is 16.7 Å². The van der Waals surface area contributed by atoms with Gasteiger partial charge in [0.2, 0.25) is 5.91 Å². The Balaban J connectivity index is 2.14. The van der Waals surface area contributed by atoms with Gasteiger partial charge in [-0.2, -0.15) is 0 Å². The highest BCUT2D eigenvalue weighted by Crippen LogP contribution is 2.35. The smallest absolute Gasteiger partial charge is 0.327 e. The van der Waals surface area contributed by atoms with Crippen LogP contribution < -0.4 is 5.73 Å². The predicted octanol–water partition coefficient (Wildman–Crippen LogP) is 1.04. The zero-order valence-electron chi connectivity index (χ0n) is 11.0. The van der Waals surface area contributed by atoms with Crippen molar-refractivity contribution in [2.24, 2.45) is 11.7 Å². The number of carboxylic acid groups (broad SMARTS) is 1. The van der Waals surface area contributed by atoms with Gasteiger partial charge in [0.15, 0.2) is 0 Å². The molecule has 106 valence electrons. The molecule has 4 atom stereocenters. The van der Waals surface area contributed by atoms with Gasteiger partial charge in [0, 0.05) is 11.8 Å². The van der Waals surface area contributed by atoms with Crippen LogP contribution in [0.15, 0.2) is 12.2 Å². The fourth-order valence-electron chi connectivity index (χ4n) is 2.62. The zero-order chi connectivity index (χ0) is 14.0. The van der Waals surface area contributed by atoms with Gasteiger partial charge < -0.3 is 15.7 Å². The number of nitrogens with zero attached hydrogens (tertiary/aromatic N) is 1. The van der Waals surface area contributed by atoms with E-state index >= 15 is 0 Å². The first-order chi connectivity index (χ1) is 9.04. The molecule has 1 aliphatic heterocycles. The first-order valence-electron chi connectivity index (χ1n) is 6.65. The molecule has 5 nitrogen and oxygen atoms in total. The van der Waals surface area contributed by atoms with Crippen LogP contribution in [0, 0.1) is 5.92 Å². The summed E-state index contributed by atoms with van der Waals surface area (Å²) in [5.41, 5.74) is 5.77. The van der Waals surface area contributed by atoms with Gasteiger partial charge in [0.1, 0.15) is 6.04 Å². The molecule has 6 heteroatoms. The average molecular weight is 284 g/mol. The van der Waals surface area contributed by atoms with Gasteiger partial charge in [-0.15, -0.1) is 11.8 Å². The number of carbonyl (C=O) groups excluding carboxylic acids is 1. The van der Waals surface area contributed by atoms with Crippen LogP contribution in [0.1, 0.15) is 26.2 Å². The molecule has 1 saturated heterocycles. The highest BCUT2D eigenvalue weighted by Gasteiger charge is 2.43. The van der Waals surface area contributed by atoms with Gasteiger partial charge in [-0.1, -0.05) is 25.5 Å². The highest BCUT2D eigenvalue weighted by atomic mass is 32.2. The van der Waals surface area contributed by atoms with Crippen molar-refractivity contribution in [2.45, 2.75) is 43.6 Å². The average Bonchev–Trinajstić information content (AvgIpc) is 2.95. The lowest BCUT2D eigenvalue weighted by atomic mass is 10.0. The van der Waals surface area contributed by atoms with E-state index in [1.807, 2.05) is 19.1 Å². The van der Waals surface area contributed by atoms with Crippen molar-refractivity contribution in [1.29, 1.82) is 0 Å². The van der Waals surface area contributed by atoms with Gasteiger partial charge in [-0.05, 0) is 12.8 Å². The number of carboxylic acids is 1. The van der Waals surface area contributed by atoms with E-state index in [1.165, 1.54) is 0 Å². The molecule has 0 aromatic rings. The summed E-state index contributed by atoms with van der Waals surface area (Å²) >= 11 is 1.57. The maximum Gasteiger partial charge on any atom is 0.327 e. The van der Waals surface area contributed by atoms with Crippen LogP contribution >= 0.6 is 11.8 Å². The quantitative estimate of drug-likeness (QED) is 0.754. The Bertz CT molecular complexity index is 399.